The lowest BCUT2D eigenvalue weighted by molar-refractivity contribution is -0.136. The summed E-state index contributed by atoms with van der Waals surface area (Å²) in [7, 11) is 0. The lowest BCUT2D eigenvalue weighted by Crippen LogP contribution is -2.55. The van der Waals surface area contributed by atoms with Crippen LogP contribution in [0.2, 0.25) is 0 Å². The lowest BCUT2D eigenvalue weighted by atomic mass is 9.97. The van der Waals surface area contributed by atoms with Crippen LogP contribution in [-0.2, 0) is 9.59 Å². The number of aliphatic hydroxyl groups is 1. The normalized spacial score (nSPS) is 21.8. The summed E-state index contributed by atoms with van der Waals surface area (Å²) in [6, 6.07) is 12.4. The van der Waals surface area contributed by atoms with E-state index in [-0.39, 0.29) is 31.2 Å². The topological polar surface area (TPSA) is 155 Å². The molecule has 2 aromatic carbocycles. The van der Waals surface area contributed by atoms with Crippen molar-refractivity contribution in [2.75, 3.05) is 85.5 Å². The molecule has 4 saturated heterocycles. The number of carbonyl (C=O) groups is 4. The molecule has 0 spiro atoms. The summed E-state index contributed by atoms with van der Waals surface area (Å²) in [5, 5.41) is 14.9. The summed E-state index contributed by atoms with van der Waals surface area (Å²) in [6.07, 6.45) is 3.04. The molecule has 1 aromatic heterocycles. The van der Waals surface area contributed by atoms with E-state index in [1.165, 1.54) is 6.20 Å². The zero-order valence-electron chi connectivity index (χ0n) is 28.8. The molecule has 0 aliphatic carbocycles. The van der Waals surface area contributed by atoms with Crippen molar-refractivity contribution in [2.24, 2.45) is 11.8 Å². The van der Waals surface area contributed by atoms with Crippen LogP contribution in [0.3, 0.4) is 0 Å². The first-order valence-corrected chi connectivity index (χ1v) is 18.1. The average Bonchev–Trinajstić information content (AvgIpc) is 3.39. The van der Waals surface area contributed by atoms with Gasteiger partial charge in [0.05, 0.1) is 17.3 Å². The predicted molar refractivity (Wildman–Crippen MR) is 191 cm³/mol. The van der Waals surface area contributed by atoms with Gasteiger partial charge in [-0.25, -0.2) is 9.37 Å². The van der Waals surface area contributed by atoms with E-state index in [2.05, 4.69) is 47.4 Å². The molecule has 1 atom stereocenters. The lowest BCUT2D eigenvalue weighted by Gasteiger charge is -2.45. The molecule has 272 valence electrons. The largest absolute Gasteiger partial charge is 0.396 e. The van der Waals surface area contributed by atoms with Gasteiger partial charge in [-0.15, -0.1) is 0 Å². The number of piperidine rings is 2. The van der Waals surface area contributed by atoms with E-state index in [1.54, 1.807) is 12.1 Å². The summed E-state index contributed by atoms with van der Waals surface area (Å²) >= 11 is 0. The van der Waals surface area contributed by atoms with Crippen molar-refractivity contribution < 1.29 is 28.7 Å². The summed E-state index contributed by atoms with van der Waals surface area (Å²) < 4.78 is 14.6. The van der Waals surface area contributed by atoms with Gasteiger partial charge in [0.25, 0.3) is 11.8 Å². The number of hydrogen-bond donors (Lipinski definition) is 3. The van der Waals surface area contributed by atoms with E-state index in [1.807, 2.05) is 23.1 Å². The molecule has 3 aromatic rings. The number of aliphatic hydroxyl groups excluding tert-OH is 1. The minimum atomic E-state index is -0.969. The van der Waals surface area contributed by atoms with E-state index in [9.17, 15) is 28.7 Å². The Morgan fingerprint density at radius 2 is 1.52 bits per heavy atom. The molecule has 14 nitrogen and oxygen atoms in total. The molecule has 3 N–H and O–H groups in total. The first-order valence-electron chi connectivity index (χ1n) is 18.1. The quantitative estimate of drug-likeness (QED) is 0.279. The molecule has 15 heteroatoms. The maximum absolute atomic E-state index is 14.6. The Bertz CT molecular complexity index is 1870. The van der Waals surface area contributed by atoms with Crippen LogP contribution in [0.15, 0.2) is 48.7 Å². The first-order chi connectivity index (χ1) is 25.2. The van der Waals surface area contributed by atoms with Crippen LogP contribution in [-0.4, -0.2) is 120 Å². The second-order valence-corrected chi connectivity index (χ2v) is 14.4. The highest BCUT2D eigenvalue weighted by atomic mass is 19.1. The minimum Gasteiger partial charge on any atom is -0.396 e. The van der Waals surface area contributed by atoms with Crippen LogP contribution < -0.4 is 25.3 Å². The van der Waals surface area contributed by atoms with Crippen LogP contribution in [0.1, 0.15) is 46.4 Å². The maximum Gasteiger partial charge on any atom is 0.262 e. The Hall–Kier alpha value is -5.15. The number of rotatable bonds is 9. The highest BCUT2D eigenvalue weighted by molar-refractivity contribution is 6.23. The number of hydrogen-bond acceptors (Lipinski definition) is 12. The van der Waals surface area contributed by atoms with Crippen molar-refractivity contribution in [3.63, 3.8) is 0 Å². The van der Waals surface area contributed by atoms with Gasteiger partial charge in [-0.3, -0.25) is 34.3 Å². The molecular weight excluding hydrogens is 669 g/mol. The summed E-state index contributed by atoms with van der Waals surface area (Å²) in [5.74, 6) is -1.05. The van der Waals surface area contributed by atoms with Gasteiger partial charge in [-0.2, -0.15) is 4.98 Å². The van der Waals surface area contributed by atoms with Gasteiger partial charge in [0, 0.05) is 94.9 Å². The van der Waals surface area contributed by atoms with E-state index >= 15 is 0 Å². The predicted octanol–water partition coefficient (Wildman–Crippen LogP) is 2.23. The molecule has 8 rings (SSSR count). The molecule has 0 radical (unpaired) electrons. The van der Waals surface area contributed by atoms with Crippen LogP contribution in [0.5, 0.6) is 0 Å². The molecular formula is C37H42FN9O5. The second kappa shape index (κ2) is 14.1. The van der Waals surface area contributed by atoms with E-state index in [0.717, 1.165) is 80.6 Å². The number of nitrogens with zero attached hydrogens (tertiary/aromatic N) is 7. The number of aromatic nitrogens is 2. The third-order valence-corrected chi connectivity index (χ3v) is 11.0. The van der Waals surface area contributed by atoms with Crippen molar-refractivity contribution in [3.8, 4) is 0 Å². The van der Waals surface area contributed by atoms with E-state index in [4.69, 9.17) is 0 Å². The third kappa shape index (κ3) is 6.65. The van der Waals surface area contributed by atoms with Gasteiger partial charge < -0.3 is 25.1 Å². The van der Waals surface area contributed by atoms with Gasteiger partial charge in [-0.05, 0) is 67.6 Å². The van der Waals surface area contributed by atoms with Gasteiger partial charge >= 0.3 is 0 Å². The highest BCUT2D eigenvalue weighted by Gasteiger charge is 2.45. The molecule has 4 amide bonds. The molecule has 52 heavy (non-hydrogen) atoms. The SMILES string of the molecule is O=C1CCC(N2C(=O)c3ccc(N4CC(CN5CCN(c6ccc(Nc7ncc(F)c(N8CCC(CO)CC8)n7)cc6)CC5)C4)cc3C2=O)C(=O)N1. The number of nitrogens with one attached hydrogen (secondary N) is 2. The Kier molecular flexibility index (Phi) is 9.22. The van der Waals surface area contributed by atoms with Crippen molar-refractivity contribution >= 4 is 52.5 Å². The van der Waals surface area contributed by atoms with Crippen molar-refractivity contribution in [1.29, 1.82) is 0 Å². The number of benzene rings is 2. The Labute approximate surface area is 300 Å². The number of halogens is 1. The fraction of sp³-hybridized carbons (Fsp3) is 0.459. The van der Waals surface area contributed by atoms with E-state index < -0.39 is 35.5 Å². The number of fused-ring (bicyclic) bond motifs is 1. The summed E-state index contributed by atoms with van der Waals surface area (Å²) in [6.45, 7) is 7.87. The zero-order valence-corrected chi connectivity index (χ0v) is 28.8. The Morgan fingerprint density at radius 1 is 0.808 bits per heavy atom. The number of piperazine rings is 1. The number of anilines is 5. The van der Waals surface area contributed by atoms with Crippen molar-refractivity contribution in [1.82, 2.24) is 25.1 Å². The minimum absolute atomic E-state index is 0.0925. The van der Waals surface area contributed by atoms with Crippen LogP contribution >= 0.6 is 0 Å². The van der Waals surface area contributed by atoms with Gasteiger partial charge in [0.2, 0.25) is 17.8 Å². The zero-order chi connectivity index (χ0) is 35.9. The third-order valence-electron chi connectivity index (χ3n) is 11.0. The second-order valence-electron chi connectivity index (χ2n) is 14.4. The number of imide groups is 2. The average molecular weight is 712 g/mol. The van der Waals surface area contributed by atoms with Crippen LogP contribution in [0, 0.1) is 17.7 Å². The van der Waals surface area contributed by atoms with Gasteiger partial charge in [-0.1, -0.05) is 0 Å². The molecule has 1 unspecified atom stereocenters. The number of amides is 4. The summed E-state index contributed by atoms with van der Waals surface area (Å²) in [5.41, 5.74) is 3.43. The molecule has 0 saturated carbocycles. The van der Waals surface area contributed by atoms with Crippen LogP contribution in [0.4, 0.5) is 33.2 Å². The molecule has 5 aliphatic rings. The smallest absolute Gasteiger partial charge is 0.262 e. The molecule has 4 fully saturated rings. The fourth-order valence-electron chi connectivity index (χ4n) is 7.96. The fourth-order valence-corrected chi connectivity index (χ4v) is 7.96. The molecule has 6 heterocycles. The molecule has 0 bridgehead atoms. The first kappa shape index (κ1) is 34.0. The maximum atomic E-state index is 14.6. The van der Waals surface area contributed by atoms with Gasteiger partial charge in [0.15, 0.2) is 11.6 Å². The monoisotopic (exact) mass is 711 g/mol. The van der Waals surface area contributed by atoms with Crippen molar-refractivity contribution in [3.05, 3.63) is 65.6 Å². The molecule has 5 aliphatic heterocycles. The van der Waals surface area contributed by atoms with Crippen LogP contribution in [0.25, 0.3) is 0 Å². The van der Waals surface area contributed by atoms with Gasteiger partial charge in [0.1, 0.15) is 6.04 Å². The number of carbonyl (C=O) groups excluding carboxylic acids is 4. The standard InChI is InChI=1S/C37H42FN9O5/c38-30-18-39-37(42-33(30)45-11-9-23(22-48)10-12-45)40-25-1-3-26(4-2-25)44-15-13-43(14-16-44)19-24-20-46(21-24)27-5-6-28-29(17-27)36(52)47(35(28)51)31-7-8-32(49)41-34(31)50/h1-6,17-18,23-24,31,48H,7-16,19-22H2,(H,39,40,42)(H,41,49,50). The summed E-state index contributed by atoms with van der Waals surface area (Å²) in [4.78, 5) is 68.8. The van der Waals surface area contributed by atoms with E-state index in [0.29, 0.717) is 36.1 Å². The van der Waals surface area contributed by atoms with Crippen molar-refractivity contribution in [2.45, 2.75) is 31.7 Å². The highest BCUT2D eigenvalue weighted by Crippen LogP contribution is 2.33. The Morgan fingerprint density at radius 3 is 2.23 bits per heavy atom. The Balaban J connectivity index is 0.798.